The normalized spacial score (nSPS) is 19.3. The van der Waals surface area contributed by atoms with Crippen LogP contribution in [0.4, 0.5) is 11.4 Å². The fraction of sp³-hybridized carbons (Fsp3) is 0.206. The van der Waals surface area contributed by atoms with Crippen LogP contribution < -0.4 is 14.2 Å². The number of nitrogens with one attached hydrogen (secondary N) is 1. The Kier molecular flexibility index (Phi) is 7.92. The summed E-state index contributed by atoms with van der Waals surface area (Å²) < 4.78 is 37.6. The number of fused-ring (bicyclic) bond motifs is 3. The molecule has 0 unspecified atom stereocenters. The molecule has 0 bridgehead atoms. The smallest absolute Gasteiger partial charge is 0.339 e. The van der Waals surface area contributed by atoms with Crippen LogP contribution in [-0.4, -0.2) is 21.2 Å². The Hall–Kier alpha value is -3.88. The Labute approximate surface area is 255 Å². The van der Waals surface area contributed by atoms with Gasteiger partial charge in [-0.1, -0.05) is 60.2 Å². The molecular weight excluding hydrogens is 612 g/mol. The van der Waals surface area contributed by atoms with E-state index in [2.05, 4.69) is 74.8 Å². The first-order chi connectivity index (χ1) is 20.3. The van der Waals surface area contributed by atoms with Gasteiger partial charge in [0.15, 0.2) is 11.5 Å². The average molecular weight is 644 g/mol. The van der Waals surface area contributed by atoms with Crippen molar-refractivity contribution in [1.82, 2.24) is 0 Å². The van der Waals surface area contributed by atoms with Gasteiger partial charge in [-0.2, -0.15) is 8.42 Å². The van der Waals surface area contributed by atoms with Crippen molar-refractivity contribution in [2.24, 2.45) is 10.9 Å². The summed E-state index contributed by atoms with van der Waals surface area (Å²) >= 11 is 3.48. The molecule has 8 heteroatoms. The zero-order chi connectivity index (χ0) is 29.3. The van der Waals surface area contributed by atoms with E-state index in [0.29, 0.717) is 28.7 Å². The number of allylic oxidation sites excluding steroid dienone is 2. The molecule has 0 amide bonds. The van der Waals surface area contributed by atoms with Crippen LogP contribution in [0, 0.1) is 12.8 Å². The van der Waals surface area contributed by atoms with E-state index in [1.807, 2.05) is 26.0 Å². The molecule has 4 aromatic carbocycles. The number of aryl methyl sites for hydroxylation is 1. The molecule has 3 atom stereocenters. The van der Waals surface area contributed by atoms with E-state index in [9.17, 15) is 8.42 Å². The second kappa shape index (κ2) is 11.8. The molecule has 1 heterocycles. The summed E-state index contributed by atoms with van der Waals surface area (Å²) in [4.78, 5) is 4.75. The van der Waals surface area contributed by atoms with Crippen molar-refractivity contribution in [3.63, 3.8) is 0 Å². The minimum Gasteiger partial charge on any atom is -0.490 e. The standard InChI is InChI=1S/C34H31BrN2O4S/c1-3-40-32-20-23(19-30(35)34(32)41-42(38,39)26-17-11-22(2)12-18-26)21-36-25-15-13-24(14-16-25)33-29-9-6-8-27(29)28-7-4-5-10-31(28)37-33/h4-8,10-21,27,29,33,37H,3,9H2,1-2H3/t27-,29+,33+/m1/s1. The molecule has 2 aliphatic rings. The van der Waals surface area contributed by atoms with E-state index < -0.39 is 10.1 Å². The number of benzene rings is 4. The number of hydrogen-bond donors (Lipinski definition) is 1. The van der Waals surface area contributed by atoms with Crippen molar-refractivity contribution in [2.75, 3.05) is 11.9 Å². The van der Waals surface area contributed by atoms with Crippen molar-refractivity contribution < 1.29 is 17.3 Å². The highest BCUT2D eigenvalue weighted by atomic mass is 79.9. The topological polar surface area (TPSA) is 77.0 Å². The Morgan fingerprint density at radius 2 is 1.79 bits per heavy atom. The lowest BCUT2D eigenvalue weighted by molar-refractivity contribution is 0.327. The second-order valence-corrected chi connectivity index (χ2v) is 12.9. The minimum absolute atomic E-state index is 0.0730. The Morgan fingerprint density at radius 3 is 2.55 bits per heavy atom. The third-order valence-electron chi connectivity index (χ3n) is 7.72. The van der Waals surface area contributed by atoms with Crippen LogP contribution >= 0.6 is 15.9 Å². The average Bonchev–Trinajstić information content (AvgIpc) is 3.49. The number of anilines is 1. The summed E-state index contributed by atoms with van der Waals surface area (Å²) in [6.45, 7) is 4.07. The largest absolute Gasteiger partial charge is 0.490 e. The molecule has 42 heavy (non-hydrogen) atoms. The number of aliphatic imine (C=N–C) groups is 1. The maximum atomic E-state index is 12.9. The van der Waals surface area contributed by atoms with Crippen molar-refractivity contribution in [3.05, 3.63) is 124 Å². The quantitative estimate of drug-likeness (QED) is 0.118. The van der Waals surface area contributed by atoms with Gasteiger partial charge in [0.05, 0.1) is 22.8 Å². The molecule has 0 spiro atoms. The van der Waals surface area contributed by atoms with Crippen molar-refractivity contribution in [2.45, 2.75) is 37.1 Å². The summed E-state index contributed by atoms with van der Waals surface area (Å²) in [6, 6.07) is 27.1. The van der Waals surface area contributed by atoms with Gasteiger partial charge < -0.3 is 14.2 Å². The van der Waals surface area contributed by atoms with Gasteiger partial charge in [0, 0.05) is 17.8 Å². The van der Waals surface area contributed by atoms with Crippen LogP contribution in [-0.2, 0) is 10.1 Å². The fourth-order valence-corrected chi connectivity index (χ4v) is 7.26. The van der Waals surface area contributed by atoms with Gasteiger partial charge in [0.25, 0.3) is 0 Å². The van der Waals surface area contributed by atoms with Crippen LogP contribution in [0.3, 0.4) is 0 Å². The van der Waals surface area contributed by atoms with Crippen LogP contribution in [0.5, 0.6) is 11.5 Å². The van der Waals surface area contributed by atoms with E-state index >= 15 is 0 Å². The van der Waals surface area contributed by atoms with E-state index in [4.69, 9.17) is 8.92 Å². The second-order valence-electron chi connectivity index (χ2n) is 10.5. The number of halogens is 1. The van der Waals surface area contributed by atoms with Crippen molar-refractivity contribution in [1.29, 1.82) is 0 Å². The number of hydrogen-bond acceptors (Lipinski definition) is 6. The SMILES string of the molecule is CCOc1cc(C=Nc2ccc([C@@H]3Nc4ccccc4[C@H]4C=CC[C@@H]43)cc2)cc(Br)c1OS(=O)(=O)c1ccc(C)cc1. The third kappa shape index (κ3) is 5.74. The lowest BCUT2D eigenvalue weighted by Gasteiger charge is -2.37. The van der Waals surface area contributed by atoms with Gasteiger partial charge in [-0.3, -0.25) is 4.99 Å². The zero-order valence-electron chi connectivity index (χ0n) is 23.3. The van der Waals surface area contributed by atoms with Crippen LogP contribution in [0.15, 0.2) is 111 Å². The minimum atomic E-state index is -4.05. The number of para-hydroxylation sites is 1. The van der Waals surface area contributed by atoms with Gasteiger partial charge in [0.2, 0.25) is 0 Å². The summed E-state index contributed by atoms with van der Waals surface area (Å²) in [5, 5.41) is 3.77. The van der Waals surface area contributed by atoms with Crippen LogP contribution in [0.25, 0.3) is 0 Å². The first kappa shape index (κ1) is 28.2. The molecule has 0 radical (unpaired) electrons. The summed E-state index contributed by atoms with van der Waals surface area (Å²) in [7, 11) is -4.05. The molecule has 4 aromatic rings. The van der Waals surface area contributed by atoms with Crippen LogP contribution in [0.1, 0.15) is 47.6 Å². The summed E-state index contributed by atoms with van der Waals surface area (Å²) in [5.41, 5.74) is 6.31. The molecule has 214 valence electrons. The van der Waals surface area contributed by atoms with Crippen molar-refractivity contribution in [3.8, 4) is 11.5 Å². The highest BCUT2D eigenvalue weighted by Crippen LogP contribution is 2.49. The molecule has 6 nitrogen and oxygen atoms in total. The van der Waals surface area contributed by atoms with E-state index in [1.54, 1.807) is 30.5 Å². The third-order valence-corrected chi connectivity index (χ3v) is 9.55. The summed E-state index contributed by atoms with van der Waals surface area (Å²) in [6.07, 6.45) is 7.43. The van der Waals surface area contributed by atoms with Crippen LogP contribution in [0.2, 0.25) is 0 Å². The van der Waals surface area contributed by atoms with Gasteiger partial charge in [0.1, 0.15) is 4.90 Å². The zero-order valence-corrected chi connectivity index (χ0v) is 25.7. The maximum Gasteiger partial charge on any atom is 0.339 e. The Balaban J connectivity index is 1.21. The Bertz CT molecular complexity index is 1770. The highest BCUT2D eigenvalue weighted by Gasteiger charge is 2.37. The monoisotopic (exact) mass is 642 g/mol. The molecule has 0 aromatic heterocycles. The van der Waals surface area contributed by atoms with Gasteiger partial charge in [-0.05, 0) is 101 Å². The lowest BCUT2D eigenvalue weighted by atomic mass is 9.77. The van der Waals surface area contributed by atoms with E-state index in [0.717, 1.165) is 23.2 Å². The summed E-state index contributed by atoms with van der Waals surface area (Å²) in [5.74, 6) is 1.32. The van der Waals surface area contributed by atoms with Gasteiger partial charge >= 0.3 is 10.1 Å². The van der Waals surface area contributed by atoms with Gasteiger partial charge in [-0.25, -0.2) is 0 Å². The van der Waals surface area contributed by atoms with Gasteiger partial charge in [-0.15, -0.1) is 0 Å². The predicted octanol–water partition coefficient (Wildman–Crippen LogP) is 8.50. The Morgan fingerprint density at radius 1 is 1.02 bits per heavy atom. The molecule has 0 saturated carbocycles. The highest BCUT2D eigenvalue weighted by molar-refractivity contribution is 9.10. The molecule has 1 aliphatic carbocycles. The molecule has 1 aliphatic heterocycles. The van der Waals surface area contributed by atoms with E-state index in [-0.39, 0.29) is 16.7 Å². The predicted molar refractivity (Wildman–Crippen MR) is 171 cm³/mol. The maximum absolute atomic E-state index is 12.9. The fourth-order valence-electron chi connectivity index (χ4n) is 5.66. The lowest BCUT2D eigenvalue weighted by Crippen LogP contribution is -2.28. The molecule has 0 saturated heterocycles. The van der Waals surface area contributed by atoms with Crippen molar-refractivity contribution >= 4 is 43.6 Å². The molecule has 1 N–H and O–H groups in total. The number of rotatable bonds is 8. The van der Waals surface area contributed by atoms with E-state index in [1.165, 1.54) is 28.9 Å². The first-order valence-corrected chi connectivity index (χ1v) is 16.2. The molecule has 0 fully saturated rings. The number of ether oxygens (including phenoxy) is 1. The number of nitrogens with zero attached hydrogens (tertiary/aromatic N) is 1. The molecule has 6 rings (SSSR count). The molecular formula is C34H31BrN2O4S. The first-order valence-electron chi connectivity index (χ1n) is 14.0.